The van der Waals surface area contributed by atoms with Gasteiger partial charge >= 0.3 is 0 Å². The molecule has 0 N–H and O–H groups in total. The van der Waals surface area contributed by atoms with Gasteiger partial charge in [0.05, 0.1) is 6.04 Å². The summed E-state index contributed by atoms with van der Waals surface area (Å²) >= 11 is 0. The largest absolute Gasteiger partial charge is 0.290 e. The monoisotopic (exact) mass is 205 g/mol. The number of carbonyl (C=O) groups excluding carboxylic acids is 1. The average molecular weight is 205 g/mol. The molecule has 1 atom stereocenters. The molecule has 4 nitrogen and oxygen atoms in total. The van der Waals surface area contributed by atoms with E-state index in [9.17, 15) is 4.79 Å². The number of ketones is 1. The third-order valence-electron chi connectivity index (χ3n) is 3.60. The first-order valence-corrected chi connectivity index (χ1v) is 5.75. The summed E-state index contributed by atoms with van der Waals surface area (Å²) in [6.07, 6.45) is 5.30. The van der Waals surface area contributed by atoms with Crippen molar-refractivity contribution in [2.75, 3.05) is 0 Å². The normalized spacial score (nSPS) is 25.0. The molecule has 1 aliphatic heterocycles. The Hall–Kier alpha value is -1.19. The fraction of sp³-hybridized carbons (Fsp3) is 0.727. The summed E-state index contributed by atoms with van der Waals surface area (Å²) in [5.41, 5.74) is 0. The lowest BCUT2D eigenvalue weighted by molar-refractivity contribution is 0.0843. The number of aromatic nitrogens is 3. The molecule has 2 aliphatic rings. The molecule has 0 saturated heterocycles. The predicted molar refractivity (Wildman–Crippen MR) is 54.7 cm³/mol. The molecular weight excluding hydrogens is 190 g/mol. The number of hydrogen-bond acceptors (Lipinski definition) is 3. The van der Waals surface area contributed by atoms with Crippen molar-refractivity contribution < 1.29 is 4.79 Å². The van der Waals surface area contributed by atoms with Crippen LogP contribution in [0.3, 0.4) is 0 Å². The Morgan fingerprint density at radius 2 is 2.20 bits per heavy atom. The van der Waals surface area contributed by atoms with Crippen LogP contribution in [0.4, 0.5) is 0 Å². The molecule has 3 rings (SSSR count). The second-order valence-corrected chi connectivity index (χ2v) is 4.68. The van der Waals surface area contributed by atoms with Crippen molar-refractivity contribution in [3.05, 3.63) is 11.6 Å². The number of nitrogens with zero attached hydrogens (tertiary/aromatic N) is 3. The molecule has 1 aliphatic carbocycles. The van der Waals surface area contributed by atoms with Gasteiger partial charge in [-0.2, -0.15) is 0 Å². The summed E-state index contributed by atoms with van der Waals surface area (Å²) < 4.78 is 1.92. The summed E-state index contributed by atoms with van der Waals surface area (Å²) in [5.74, 6) is 1.82. The van der Waals surface area contributed by atoms with Crippen molar-refractivity contribution in [2.45, 2.75) is 45.1 Å². The Labute approximate surface area is 88.7 Å². The van der Waals surface area contributed by atoms with E-state index in [1.54, 1.807) is 0 Å². The molecule has 1 aromatic rings. The van der Waals surface area contributed by atoms with Gasteiger partial charge in [-0.25, -0.2) is 9.67 Å². The zero-order valence-electron chi connectivity index (χ0n) is 8.94. The number of fused-ring (bicyclic) bond motifs is 1. The van der Waals surface area contributed by atoms with Crippen LogP contribution >= 0.6 is 0 Å². The first kappa shape index (κ1) is 9.07. The fourth-order valence-electron chi connectivity index (χ4n) is 2.30. The lowest BCUT2D eigenvalue weighted by Crippen LogP contribution is -2.23. The van der Waals surface area contributed by atoms with E-state index in [-0.39, 0.29) is 11.7 Å². The van der Waals surface area contributed by atoms with E-state index in [1.807, 2.05) is 4.68 Å². The number of aryl methyl sites for hydroxylation is 1. The van der Waals surface area contributed by atoms with E-state index in [1.165, 1.54) is 6.42 Å². The van der Waals surface area contributed by atoms with Gasteiger partial charge < -0.3 is 0 Å². The molecule has 2 heterocycles. The Kier molecular flexibility index (Phi) is 1.90. The summed E-state index contributed by atoms with van der Waals surface area (Å²) in [5, 5.41) is 4.33. The number of rotatable bonds is 2. The quantitative estimate of drug-likeness (QED) is 0.691. The van der Waals surface area contributed by atoms with E-state index in [0.29, 0.717) is 11.9 Å². The van der Waals surface area contributed by atoms with E-state index >= 15 is 0 Å². The minimum Gasteiger partial charge on any atom is -0.290 e. The molecule has 1 aromatic heterocycles. The molecule has 0 spiro atoms. The van der Waals surface area contributed by atoms with Crippen molar-refractivity contribution in [3.63, 3.8) is 0 Å². The highest BCUT2D eigenvalue weighted by molar-refractivity contribution is 5.94. The number of carbonyl (C=O) groups is 1. The minimum atomic E-state index is 0.162. The lowest BCUT2D eigenvalue weighted by atomic mass is 9.82. The fourth-order valence-corrected chi connectivity index (χ4v) is 2.30. The van der Waals surface area contributed by atoms with Gasteiger partial charge in [0.25, 0.3) is 0 Å². The third-order valence-corrected chi connectivity index (χ3v) is 3.60. The third kappa shape index (κ3) is 1.31. The van der Waals surface area contributed by atoms with Crippen LogP contribution in [0, 0.1) is 5.92 Å². The molecule has 1 unspecified atom stereocenters. The maximum absolute atomic E-state index is 11.9. The van der Waals surface area contributed by atoms with Crippen LogP contribution in [0.1, 0.15) is 55.1 Å². The molecule has 15 heavy (non-hydrogen) atoms. The zero-order valence-corrected chi connectivity index (χ0v) is 8.94. The molecule has 0 aromatic carbocycles. The summed E-state index contributed by atoms with van der Waals surface area (Å²) in [7, 11) is 0. The molecule has 0 amide bonds. The van der Waals surface area contributed by atoms with Gasteiger partial charge in [-0.1, -0.05) is 6.42 Å². The van der Waals surface area contributed by atoms with E-state index in [0.717, 1.165) is 31.5 Å². The summed E-state index contributed by atoms with van der Waals surface area (Å²) in [6.45, 7) is 2.13. The summed E-state index contributed by atoms with van der Waals surface area (Å²) in [4.78, 5) is 16.2. The lowest BCUT2D eigenvalue weighted by Gasteiger charge is -2.22. The minimum absolute atomic E-state index is 0.162. The van der Waals surface area contributed by atoms with Gasteiger partial charge in [0.1, 0.15) is 5.82 Å². The second-order valence-electron chi connectivity index (χ2n) is 4.68. The van der Waals surface area contributed by atoms with Crippen LogP contribution in [-0.2, 0) is 6.42 Å². The van der Waals surface area contributed by atoms with E-state index < -0.39 is 0 Å². The van der Waals surface area contributed by atoms with Gasteiger partial charge in [-0.05, 0) is 26.2 Å². The van der Waals surface area contributed by atoms with Crippen LogP contribution in [0.15, 0.2) is 0 Å². The van der Waals surface area contributed by atoms with Crippen LogP contribution in [0.25, 0.3) is 0 Å². The van der Waals surface area contributed by atoms with Gasteiger partial charge in [-0.15, -0.1) is 5.10 Å². The van der Waals surface area contributed by atoms with Gasteiger partial charge in [0.2, 0.25) is 11.6 Å². The highest BCUT2D eigenvalue weighted by Crippen LogP contribution is 2.30. The first-order valence-electron chi connectivity index (χ1n) is 5.75. The van der Waals surface area contributed by atoms with Crippen LogP contribution < -0.4 is 0 Å². The summed E-state index contributed by atoms with van der Waals surface area (Å²) in [6, 6.07) is 0.412. The first-order chi connectivity index (χ1) is 7.25. The van der Waals surface area contributed by atoms with Gasteiger partial charge in [0, 0.05) is 12.3 Å². The van der Waals surface area contributed by atoms with Crippen molar-refractivity contribution >= 4 is 5.78 Å². The number of hydrogen-bond donors (Lipinski definition) is 0. The SMILES string of the molecule is CC1CCc2nc(C(=O)C3CCC3)nn21. The van der Waals surface area contributed by atoms with Crippen molar-refractivity contribution in [1.29, 1.82) is 0 Å². The maximum atomic E-state index is 11.9. The Balaban J connectivity index is 1.87. The van der Waals surface area contributed by atoms with Crippen LogP contribution in [0.2, 0.25) is 0 Å². The standard InChI is InChI=1S/C11H15N3O/c1-7-5-6-9-12-11(13-14(7)9)10(15)8-3-2-4-8/h7-8H,2-6H2,1H3. The molecule has 1 saturated carbocycles. The molecule has 80 valence electrons. The molecule has 1 fully saturated rings. The van der Waals surface area contributed by atoms with Crippen molar-refractivity contribution in [1.82, 2.24) is 14.8 Å². The Bertz CT molecular complexity index is 406. The van der Waals surface area contributed by atoms with Gasteiger partial charge in [-0.3, -0.25) is 4.79 Å². The average Bonchev–Trinajstić information content (AvgIpc) is 2.65. The molecule has 4 heteroatoms. The highest BCUT2D eigenvalue weighted by Gasteiger charge is 2.31. The Morgan fingerprint density at radius 3 is 2.80 bits per heavy atom. The van der Waals surface area contributed by atoms with E-state index in [2.05, 4.69) is 17.0 Å². The molecule has 0 bridgehead atoms. The predicted octanol–water partition coefficient (Wildman–Crippen LogP) is 1.77. The second kappa shape index (κ2) is 3.15. The Morgan fingerprint density at radius 1 is 1.40 bits per heavy atom. The van der Waals surface area contributed by atoms with Crippen molar-refractivity contribution in [3.8, 4) is 0 Å². The topological polar surface area (TPSA) is 47.8 Å². The van der Waals surface area contributed by atoms with Crippen LogP contribution in [0.5, 0.6) is 0 Å². The van der Waals surface area contributed by atoms with E-state index in [4.69, 9.17) is 0 Å². The zero-order chi connectivity index (χ0) is 10.4. The maximum Gasteiger partial charge on any atom is 0.217 e. The smallest absolute Gasteiger partial charge is 0.217 e. The molecule has 0 radical (unpaired) electrons. The number of Topliss-reactive ketones (excluding diaryl/α,β-unsaturated/α-hetero) is 1. The highest BCUT2D eigenvalue weighted by atomic mass is 16.1. The van der Waals surface area contributed by atoms with Crippen LogP contribution in [-0.4, -0.2) is 20.5 Å². The van der Waals surface area contributed by atoms with Gasteiger partial charge in [0.15, 0.2) is 0 Å². The molecular formula is C11H15N3O. The van der Waals surface area contributed by atoms with Crippen molar-refractivity contribution in [2.24, 2.45) is 5.92 Å².